The lowest BCUT2D eigenvalue weighted by Gasteiger charge is -2.10. The molecule has 0 unspecified atom stereocenters. The van der Waals surface area contributed by atoms with E-state index in [9.17, 15) is 10.1 Å². The summed E-state index contributed by atoms with van der Waals surface area (Å²) in [5.74, 6) is 1.03. The van der Waals surface area contributed by atoms with Crippen LogP contribution in [0.3, 0.4) is 0 Å². The maximum absolute atomic E-state index is 12.0. The fourth-order valence-electron chi connectivity index (χ4n) is 3.49. The van der Waals surface area contributed by atoms with Gasteiger partial charge in [0.2, 0.25) is 0 Å². The first-order valence-corrected chi connectivity index (χ1v) is 7.85. The molecule has 1 aliphatic carbocycles. The van der Waals surface area contributed by atoms with E-state index in [4.69, 9.17) is 4.74 Å². The molecule has 0 saturated carbocycles. The number of nitrogens with zero attached hydrogens (tertiary/aromatic N) is 2. The van der Waals surface area contributed by atoms with Gasteiger partial charge in [0.05, 0.1) is 5.71 Å². The van der Waals surface area contributed by atoms with E-state index < -0.39 is 5.91 Å². The van der Waals surface area contributed by atoms with Crippen molar-refractivity contribution < 1.29 is 9.53 Å². The minimum atomic E-state index is -0.459. The first-order valence-electron chi connectivity index (χ1n) is 7.85. The zero-order valence-corrected chi connectivity index (χ0v) is 13.0. The fraction of sp³-hybridized carbons (Fsp3) is 0. The number of benzene rings is 3. The SMILES string of the molecule is N#CC1=C2C(=NC1=O)c1cccc3c(Oc4ccccc4)ccc2c13. The molecule has 116 valence electrons. The largest absolute Gasteiger partial charge is 0.457 e. The van der Waals surface area contributed by atoms with Crippen molar-refractivity contribution in [3.05, 3.63) is 77.4 Å². The van der Waals surface area contributed by atoms with Crippen LogP contribution in [0.2, 0.25) is 0 Å². The van der Waals surface area contributed by atoms with Gasteiger partial charge in [-0.1, -0.05) is 36.4 Å². The first-order chi connectivity index (χ1) is 12.3. The van der Waals surface area contributed by atoms with Gasteiger partial charge >= 0.3 is 0 Å². The predicted octanol–water partition coefficient (Wildman–Crippen LogP) is 4.25. The molecule has 25 heavy (non-hydrogen) atoms. The molecule has 0 fully saturated rings. The molecular formula is C21H10N2O2. The molecule has 1 heterocycles. The van der Waals surface area contributed by atoms with Crippen molar-refractivity contribution in [2.45, 2.75) is 0 Å². The summed E-state index contributed by atoms with van der Waals surface area (Å²) in [4.78, 5) is 16.1. The Labute approximate surface area is 143 Å². The molecule has 0 atom stereocenters. The lowest BCUT2D eigenvalue weighted by atomic mass is 10.0. The van der Waals surface area contributed by atoms with Crippen molar-refractivity contribution in [1.82, 2.24) is 0 Å². The molecule has 4 heteroatoms. The van der Waals surface area contributed by atoms with Crippen LogP contribution in [0, 0.1) is 11.3 Å². The molecule has 5 rings (SSSR count). The Balaban J connectivity index is 1.77. The molecule has 2 aliphatic rings. The Kier molecular flexibility index (Phi) is 2.68. The minimum Gasteiger partial charge on any atom is -0.457 e. The molecule has 3 aromatic carbocycles. The van der Waals surface area contributed by atoms with Gasteiger partial charge in [0.25, 0.3) is 5.91 Å². The standard InChI is InChI=1S/C21H10N2O2/c22-11-16-19-14-9-10-17(25-12-5-2-1-3-6-12)13-7-4-8-15(18(13)14)20(19)23-21(16)24/h1-10H. The van der Waals surface area contributed by atoms with Crippen LogP contribution in [-0.4, -0.2) is 11.6 Å². The summed E-state index contributed by atoms with van der Waals surface area (Å²) >= 11 is 0. The molecule has 0 bridgehead atoms. The van der Waals surface area contributed by atoms with Crippen LogP contribution in [-0.2, 0) is 4.79 Å². The smallest absolute Gasteiger partial charge is 0.288 e. The van der Waals surface area contributed by atoms with Crippen LogP contribution in [0.4, 0.5) is 0 Å². The molecule has 1 aliphatic heterocycles. The quantitative estimate of drug-likeness (QED) is 0.708. The highest BCUT2D eigenvalue weighted by molar-refractivity contribution is 6.50. The lowest BCUT2D eigenvalue weighted by Crippen LogP contribution is -1.93. The number of carbonyl (C=O) groups excluding carboxylic acids is 1. The van der Waals surface area contributed by atoms with Crippen LogP contribution in [0.5, 0.6) is 11.5 Å². The summed E-state index contributed by atoms with van der Waals surface area (Å²) in [7, 11) is 0. The Morgan fingerprint density at radius 1 is 0.920 bits per heavy atom. The van der Waals surface area contributed by atoms with E-state index in [-0.39, 0.29) is 5.57 Å². The molecular weight excluding hydrogens is 312 g/mol. The first kappa shape index (κ1) is 13.7. The van der Waals surface area contributed by atoms with Crippen molar-refractivity contribution in [2.75, 3.05) is 0 Å². The average molecular weight is 322 g/mol. The van der Waals surface area contributed by atoms with E-state index >= 15 is 0 Å². The number of hydrogen-bond acceptors (Lipinski definition) is 3. The third kappa shape index (κ3) is 1.81. The zero-order valence-electron chi connectivity index (χ0n) is 13.0. The highest BCUT2D eigenvalue weighted by Gasteiger charge is 2.36. The Bertz CT molecular complexity index is 1180. The highest BCUT2D eigenvalue weighted by Crippen LogP contribution is 2.45. The zero-order chi connectivity index (χ0) is 17.0. The summed E-state index contributed by atoms with van der Waals surface area (Å²) in [5.41, 5.74) is 3.10. The van der Waals surface area contributed by atoms with Gasteiger partial charge in [0, 0.05) is 21.9 Å². The number of fused-ring (bicyclic) bond motifs is 3. The normalized spacial score (nSPS) is 14.5. The van der Waals surface area contributed by atoms with Crippen molar-refractivity contribution in [2.24, 2.45) is 4.99 Å². The number of aliphatic imine (C=N–C) groups is 1. The monoisotopic (exact) mass is 322 g/mol. The third-order valence-electron chi connectivity index (χ3n) is 4.52. The number of ether oxygens (including phenoxy) is 1. The maximum atomic E-state index is 12.0. The summed E-state index contributed by atoms with van der Waals surface area (Å²) in [5, 5.41) is 11.3. The summed E-state index contributed by atoms with van der Waals surface area (Å²) in [6, 6.07) is 21.2. The molecule has 4 nitrogen and oxygen atoms in total. The van der Waals surface area contributed by atoms with E-state index in [1.165, 1.54) is 0 Å². The summed E-state index contributed by atoms with van der Waals surface area (Å²) in [6.45, 7) is 0. The van der Waals surface area contributed by atoms with Gasteiger partial charge in [0.15, 0.2) is 0 Å². The van der Waals surface area contributed by atoms with Crippen LogP contribution in [0.1, 0.15) is 11.1 Å². The molecule has 1 amide bonds. The second-order valence-electron chi connectivity index (χ2n) is 5.88. The molecule has 0 spiro atoms. The lowest BCUT2D eigenvalue weighted by molar-refractivity contribution is -0.113. The van der Waals surface area contributed by atoms with E-state index in [1.54, 1.807) is 0 Å². The van der Waals surface area contributed by atoms with Gasteiger partial charge in [-0.2, -0.15) is 5.26 Å². The van der Waals surface area contributed by atoms with Gasteiger partial charge in [0.1, 0.15) is 23.1 Å². The number of para-hydroxylation sites is 1. The number of nitriles is 1. The van der Waals surface area contributed by atoms with E-state index in [0.717, 1.165) is 33.4 Å². The van der Waals surface area contributed by atoms with Crippen molar-refractivity contribution >= 4 is 28.0 Å². The van der Waals surface area contributed by atoms with Gasteiger partial charge < -0.3 is 4.74 Å². The van der Waals surface area contributed by atoms with E-state index in [2.05, 4.69) is 4.99 Å². The Morgan fingerprint density at radius 3 is 2.56 bits per heavy atom. The van der Waals surface area contributed by atoms with E-state index in [0.29, 0.717) is 11.3 Å². The molecule has 0 saturated heterocycles. The molecule has 3 aromatic rings. The predicted molar refractivity (Wildman–Crippen MR) is 94.5 cm³/mol. The second-order valence-corrected chi connectivity index (χ2v) is 5.88. The fourth-order valence-corrected chi connectivity index (χ4v) is 3.49. The Hall–Kier alpha value is -3.71. The van der Waals surface area contributed by atoms with Crippen molar-refractivity contribution in [1.29, 1.82) is 5.26 Å². The average Bonchev–Trinajstić information content (AvgIpc) is 3.13. The minimum absolute atomic E-state index is 0.115. The van der Waals surface area contributed by atoms with Gasteiger partial charge in [-0.25, -0.2) is 4.99 Å². The van der Waals surface area contributed by atoms with Crippen molar-refractivity contribution in [3.63, 3.8) is 0 Å². The molecule has 0 N–H and O–H groups in total. The highest BCUT2D eigenvalue weighted by atomic mass is 16.5. The second kappa shape index (κ2) is 4.89. The number of hydrogen-bond donors (Lipinski definition) is 0. The topological polar surface area (TPSA) is 62.5 Å². The number of carbonyl (C=O) groups is 1. The molecule has 0 radical (unpaired) electrons. The van der Waals surface area contributed by atoms with Crippen LogP contribution in [0.15, 0.2) is 71.2 Å². The van der Waals surface area contributed by atoms with Crippen molar-refractivity contribution in [3.8, 4) is 17.6 Å². The van der Waals surface area contributed by atoms with E-state index in [1.807, 2.05) is 66.7 Å². The maximum Gasteiger partial charge on any atom is 0.288 e. The molecule has 0 aromatic heterocycles. The van der Waals surface area contributed by atoms with Gasteiger partial charge in [-0.15, -0.1) is 0 Å². The summed E-state index contributed by atoms with van der Waals surface area (Å²) < 4.78 is 6.04. The number of amides is 1. The third-order valence-corrected chi connectivity index (χ3v) is 4.52. The van der Waals surface area contributed by atoms with Gasteiger partial charge in [-0.05, 0) is 29.8 Å². The van der Waals surface area contributed by atoms with Crippen LogP contribution < -0.4 is 4.74 Å². The summed E-state index contributed by atoms with van der Waals surface area (Å²) in [6.07, 6.45) is 0. The number of rotatable bonds is 2. The Morgan fingerprint density at radius 2 is 1.76 bits per heavy atom. The van der Waals surface area contributed by atoms with Gasteiger partial charge in [-0.3, -0.25) is 4.79 Å². The van der Waals surface area contributed by atoms with Crippen LogP contribution in [0.25, 0.3) is 16.3 Å². The number of allylic oxidation sites excluding steroid dienone is 1. The van der Waals surface area contributed by atoms with Crippen LogP contribution >= 0.6 is 0 Å².